The summed E-state index contributed by atoms with van der Waals surface area (Å²) in [5, 5.41) is 20.2. The molecule has 1 aromatic carbocycles. The van der Waals surface area contributed by atoms with Crippen LogP contribution in [0.25, 0.3) is 0 Å². The van der Waals surface area contributed by atoms with Crippen molar-refractivity contribution in [3.63, 3.8) is 0 Å². The zero-order chi connectivity index (χ0) is 15.6. The third kappa shape index (κ3) is 2.94. The summed E-state index contributed by atoms with van der Waals surface area (Å²) in [7, 11) is 0. The van der Waals surface area contributed by atoms with E-state index in [2.05, 4.69) is 5.32 Å². The third-order valence-corrected chi connectivity index (χ3v) is 3.62. The maximum Gasteiger partial charge on any atom is 0.321 e. The topological polar surface area (TPSA) is 93.4 Å². The predicted octanol–water partition coefficient (Wildman–Crippen LogP) is 2.03. The predicted molar refractivity (Wildman–Crippen MR) is 72.1 cm³/mol. The number of aliphatic carboxylic acids is 1. The number of urea groups is 1. The number of benzene rings is 1. The zero-order valence-corrected chi connectivity index (χ0v) is 11.4. The van der Waals surface area contributed by atoms with E-state index in [4.69, 9.17) is 10.4 Å². The average molecular weight is 291 g/mol. The van der Waals surface area contributed by atoms with Crippen molar-refractivity contribution in [2.24, 2.45) is 5.41 Å². The number of nitrogens with zero attached hydrogens (tertiary/aromatic N) is 2. The van der Waals surface area contributed by atoms with Crippen molar-refractivity contribution < 1.29 is 19.1 Å². The number of likely N-dealkylation sites (tertiary alicyclic amines) is 1. The molecule has 1 aliphatic heterocycles. The molecule has 1 fully saturated rings. The Bertz CT molecular complexity index is 641. The van der Waals surface area contributed by atoms with E-state index in [1.165, 1.54) is 17.0 Å². The van der Waals surface area contributed by atoms with Crippen molar-refractivity contribution in [2.45, 2.75) is 13.3 Å². The van der Waals surface area contributed by atoms with E-state index in [0.717, 1.165) is 6.07 Å². The number of hydrogen-bond acceptors (Lipinski definition) is 3. The van der Waals surface area contributed by atoms with Gasteiger partial charge in [0.05, 0.1) is 11.0 Å². The van der Waals surface area contributed by atoms with Crippen LogP contribution >= 0.6 is 0 Å². The number of halogens is 1. The van der Waals surface area contributed by atoms with Crippen molar-refractivity contribution >= 4 is 17.7 Å². The molecule has 1 saturated heterocycles. The molecule has 110 valence electrons. The van der Waals surface area contributed by atoms with Crippen LogP contribution in [0.1, 0.15) is 18.9 Å². The largest absolute Gasteiger partial charge is 0.481 e. The van der Waals surface area contributed by atoms with Crippen molar-refractivity contribution in [1.29, 1.82) is 5.26 Å². The van der Waals surface area contributed by atoms with E-state index in [1.54, 1.807) is 13.0 Å². The van der Waals surface area contributed by atoms with Crippen molar-refractivity contribution in [3.05, 3.63) is 29.6 Å². The van der Waals surface area contributed by atoms with Crippen LogP contribution in [0.3, 0.4) is 0 Å². The lowest BCUT2D eigenvalue weighted by Gasteiger charge is -2.20. The molecule has 0 aromatic heterocycles. The van der Waals surface area contributed by atoms with Crippen LogP contribution in [-0.4, -0.2) is 35.1 Å². The Labute approximate surface area is 120 Å². The smallest absolute Gasteiger partial charge is 0.321 e. The molecule has 6 nitrogen and oxygen atoms in total. The zero-order valence-electron chi connectivity index (χ0n) is 11.4. The molecule has 2 rings (SSSR count). The second kappa shape index (κ2) is 5.40. The molecule has 0 radical (unpaired) electrons. The van der Waals surface area contributed by atoms with Gasteiger partial charge in [0, 0.05) is 18.8 Å². The van der Waals surface area contributed by atoms with Crippen LogP contribution in [0.2, 0.25) is 0 Å². The van der Waals surface area contributed by atoms with Gasteiger partial charge in [-0.25, -0.2) is 9.18 Å². The molecule has 7 heteroatoms. The Morgan fingerprint density at radius 1 is 1.52 bits per heavy atom. The van der Waals surface area contributed by atoms with Gasteiger partial charge in [0.2, 0.25) is 0 Å². The first kappa shape index (κ1) is 14.8. The number of amides is 2. The lowest BCUT2D eigenvalue weighted by Crippen LogP contribution is -2.37. The monoisotopic (exact) mass is 291 g/mol. The highest BCUT2D eigenvalue weighted by Gasteiger charge is 2.42. The second-order valence-electron chi connectivity index (χ2n) is 5.27. The first-order chi connectivity index (χ1) is 9.85. The molecule has 1 heterocycles. The summed E-state index contributed by atoms with van der Waals surface area (Å²) in [6.45, 7) is 2.02. The maximum atomic E-state index is 13.4. The number of carbonyl (C=O) groups is 2. The van der Waals surface area contributed by atoms with Crippen LogP contribution in [0.5, 0.6) is 0 Å². The first-order valence-corrected chi connectivity index (χ1v) is 6.35. The van der Waals surface area contributed by atoms with Gasteiger partial charge in [-0.05, 0) is 31.5 Å². The normalized spacial score (nSPS) is 20.9. The van der Waals surface area contributed by atoms with E-state index >= 15 is 0 Å². The molecule has 2 amide bonds. The molecule has 21 heavy (non-hydrogen) atoms. The number of nitrogens with one attached hydrogen (secondary N) is 1. The summed E-state index contributed by atoms with van der Waals surface area (Å²) in [6, 6.07) is 4.96. The highest BCUT2D eigenvalue weighted by Crippen LogP contribution is 2.30. The molecule has 0 spiro atoms. The van der Waals surface area contributed by atoms with Crippen LogP contribution in [-0.2, 0) is 4.79 Å². The number of anilines is 1. The molecule has 1 aliphatic rings. The molecular weight excluding hydrogens is 277 g/mol. The van der Waals surface area contributed by atoms with Gasteiger partial charge >= 0.3 is 12.0 Å². The quantitative estimate of drug-likeness (QED) is 0.871. The summed E-state index contributed by atoms with van der Waals surface area (Å²) in [5.41, 5.74) is -0.833. The molecule has 0 bridgehead atoms. The maximum absolute atomic E-state index is 13.4. The number of carboxylic acid groups (broad SMARTS) is 1. The summed E-state index contributed by atoms with van der Waals surface area (Å²) in [5.74, 6) is -1.66. The fourth-order valence-corrected chi connectivity index (χ4v) is 2.20. The van der Waals surface area contributed by atoms with Crippen LogP contribution < -0.4 is 5.32 Å². The molecule has 0 saturated carbocycles. The number of rotatable bonds is 2. The molecule has 2 N–H and O–H groups in total. The summed E-state index contributed by atoms with van der Waals surface area (Å²) in [6.07, 6.45) is 0.373. The van der Waals surface area contributed by atoms with Crippen molar-refractivity contribution in [2.75, 3.05) is 18.4 Å². The van der Waals surface area contributed by atoms with Crippen molar-refractivity contribution in [1.82, 2.24) is 4.90 Å². The lowest BCUT2D eigenvalue weighted by molar-refractivity contribution is -0.146. The van der Waals surface area contributed by atoms with Gasteiger partial charge in [-0.3, -0.25) is 4.79 Å². The number of carboxylic acids is 1. The molecule has 1 unspecified atom stereocenters. The highest BCUT2D eigenvalue weighted by atomic mass is 19.1. The van der Waals surface area contributed by atoms with Crippen LogP contribution in [0.4, 0.5) is 14.9 Å². The number of hydrogen-bond donors (Lipinski definition) is 2. The van der Waals surface area contributed by atoms with Gasteiger partial charge < -0.3 is 15.3 Å². The van der Waals surface area contributed by atoms with Crippen molar-refractivity contribution in [3.8, 4) is 6.07 Å². The van der Waals surface area contributed by atoms with Gasteiger partial charge in [0.25, 0.3) is 0 Å². The van der Waals surface area contributed by atoms with E-state index < -0.39 is 23.2 Å². The van der Waals surface area contributed by atoms with Gasteiger partial charge in [-0.15, -0.1) is 0 Å². The van der Waals surface area contributed by atoms with Gasteiger partial charge in [-0.1, -0.05) is 0 Å². The summed E-state index contributed by atoms with van der Waals surface area (Å²) in [4.78, 5) is 24.5. The highest BCUT2D eigenvalue weighted by molar-refractivity contribution is 5.90. The van der Waals surface area contributed by atoms with E-state index in [1.807, 2.05) is 0 Å². The van der Waals surface area contributed by atoms with Crippen LogP contribution in [0.15, 0.2) is 18.2 Å². The fraction of sp³-hybridized carbons (Fsp3) is 0.357. The average Bonchev–Trinajstić information content (AvgIpc) is 2.83. The minimum absolute atomic E-state index is 0.104. The minimum atomic E-state index is -0.951. The fourth-order valence-electron chi connectivity index (χ4n) is 2.20. The Kier molecular flexibility index (Phi) is 3.80. The Morgan fingerprint density at radius 3 is 2.76 bits per heavy atom. The Hall–Kier alpha value is -2.62. The molecule has 1 atom stereocenters. The van der Waals surface area contributed by atoms with Gasteiger partial charge in [0.1, 0.15) is 11.9 Å². The first-order valence-electron chi connectivity index (χ1n) is 6.35. The Balaban J connectivity index is 2.05. The van der Waals surface area contributed by atoms with Crippen LogP contribution in [0, 0.1) is 22.6 Å². The molecule has 0 aliphatic carbocycles. The second-order valence-corrected chi connectivity index (χ2v) is 5.27. The Morgan fingerprint density at radius 2 is 2.24 bits per heavy atom. The third-order valence-electron chi connectivity index (χ3n) is 3.62. The SMILES string of the molecule is CC1(C(=O)O)CCN(C(=O)Nc2ccc(C#N)c(F)c2)C1. The number of nitriles is 1. The van der Waals surface area contributed by atoms with E-state index in [0.29, 0.717) is 13.0 Å². The molecule has 1 aromatic rings. The minimum Gasteiger partial charge on any atom is -0.481 e. The summed E-state index contributed by atoms with van der Waals surface area (Å²) < 4.78 is 13.4. The van der Waals surface area contributed by atoms with E-state index in [9.17, 15) is 14.0 Å². The standard InChI is InChI=1S/C14H14FN3O3/c1-14(12(19)20)4-5-18(8-14)13(21)17-10-3-2-9(7-16)11(15)6-10/h2-3,6H,4-5,8H2,1H3,(H,17,21)(H,19,20). The molecular formula is C14H14FN3O3. The van der Waals surface area contributed by atoms with Gasteiger partial charge in [0.15, 0.2) is 0 Å². The lowest BCUT2D eigenvalue weighted by atomic mass is 9.90. The summed E-state index contributed by atoms with van der Waals surface area (Å²) >= 11 is 0. The van der Waals surface area contributed by atoms with Gasteiger partial charge in [-0.2, -0.15) is 5.26 Å². The van der Waals surface area contributed by atoms with E-state index in [-0.39, 0.29) is 17.8 Å². The number of carbonyl (C=O) groups excluding carboxylic acids is 1.